The third kappa shape index (κ3) is 1.38. The molecule has 0 aliphatic rings. The Morgan fingerprint density at radius 1 is 1.88 bits per heavy atom. The monoisotopic (exact) mass is 110 g/mol. The number of hydrogen-bond donors (Lipinski definition) is 0. The number of hydrogen-bond acceptors (Lipinski definition) is 1. The van der Waals surface area contributed by atoms with Crippen LogP contribution in [0.15, 0.2) is 0 Å². The van der Waals surface area contributed by atoms with Crippen LogP contribution in [0.3, 0.4) is 0 Å². The summed E-state index contributed by atoms with van der Waals surface area (Å²) in [5.41, 5.74) is -0.528. The molecular weight excluding hydrogens is 100 g/mol. The molecule has 0 aliphatic heterocycles. The summed E-state index contributed by atoms with van der Waals surface area (Å²) in [5.74, 6) is 2.41. The van der Waals surface area contributed by atoms with Gasteiger partial charge in [0.25, 0.3) is 0 Å². The smallest absolute Gasteiger partial charge is 0.137 e. The van der Waals surface area contributed by atoms with E-state index in [9.17, 15) is 4.79 Å². The van der Waals surface area contributed by atoms with E-state index in [-0.39, 0.29) is 0 Å². The summed E-state index contributed by atoms with van der Waals surface area (Å²) in [6.07, 6.45) is 6.57. The molecule has 0 rings (SSSR count). The summed E-state index contributed by atoms with van der Waals surface area (Å²) < 4.78 is 0. The van der Waals surface area contributed by atoms with Crippen molar-refractivity contribution in [2.45, 2.75) is 20.3 Å². The van der Waals surface area contributed by atoms with E-state index in [0.717, 1.165) is 6.29 Å². The Labute approximate surface area is 50.1 Å². The quantitative estimate of drug-likeness (QED) is 0.386. The van der Waals surface area contributed by atoms with Gasteiger partial charge in [0.15, 0.2) is 0 Å². The zero-order chi connectivity index (χ0) is 6.62. The maximum atomic E-state index is 10.1. The summed E-state index contributed by atoms with van der Waals surface area (Å²) in [6.45, 7) is 3.65. The molecule has 0 heterocycles. The molecule has 0 aromatic carbocycles. The van der Waals surface area contributed by atoms with Gasteiger partial charge < -0.3 is 4.79 Å². The average molecular weight is 110 g/mol. The van der Waals surface area contributed by atoms with Crippen LogP contribution in [0.1, 0.15) is 20.3 Å². The summed E-state index contributed by atoms with van der Waals surface area (Å²) in [7, 11) is 0. The molecule has 1 atom stereocenters. The lowest BCUT2D eigenvalue weighted by molar-refractivity contribution is -0.113. The molecule has 0 aromatic heterocycles. The highest BCUT2D eigenvalue weighted by Gasteiger charge is 2.15. The zero-order valence-corrected chi connectivity index (χ0v) is 5.27. The van der Waals surface area contributed by atoms with Gasteiger partial charge in [0, 0.05) is 0 Å². The van der Waals surface area contributed by atoms with Crippen molar-refractivity contribution in [2.24, 2.45) is 5.41 Å². The molecule has 0 radical (unpaired) electrons. The number of terminal acetylenes is 1. The van der Waals surface area contributed by atoms with Crippen molar-refractivity contribution in [1.82, 2.24) is 0 Å². The first-order valence-electron chi connectivity index (χ1n) is 2.62. The average Bonchev–Trinajstić information content (AvgIpc) is 1.87. The first-order chi connectivity index (χ1) is 3.68. The standard InChI is InChI=1S/C7H10O/c1-4-7(3,5-2)6-8/h1,6H,5H2,2-3H3. The van der Waals surface area contributed by atoms with Crippen molar-refractivity contribution in [3.8, 4) is 12.3 Å². The van der Waals surface area contributed by atoms with Crippen LogP contribution in [0, 0.1) is 17.8 Å². The molecule has 0 bridgehead atoms. The van der Waals surface area contributed by atoms with Crippen molar-refractivity contribution in [1.29, 1.82) is 0 Å². The predicted molar refractivity (Wildman–Crippen MR) is 33.3 cm³/mol. The highest BCUT2D eigenvalue weighted by Crippen LogP contribution is 2.14. The lowest BCUT2D eigenvalue weighted by Crippen LogP contribution is -2.12. The Kier molecular flexibility index (Phi) is 2.27. The van der Waals surface area contributed by atoms with Gasteiger partial charge in [-0.25, -0.2) is 0 Å². The van der Waals surface area contributed by atoms with Crippen LogP contribution in [0.2, 0.25) is 0 Å². The number of carbonyl (C=O) groups is 1. The van der Waals surface area contributed by atoms with E-state index in [0.29, 0.717) is 6.42 Å². The second-order valence-corrected chi connectivity index (χ2v) is 2.03. The van der Waals surface area contributed by atoms with Crippen molar-refractivity contribution in [3.05, 3.63) is 0 Å². The molecule has 8 heavy (non-hydrogen) atoms. The van der Waals surface area contributed by atoms with E-state index >= 15 is 0 Å². The molecule has 0 fully saturated rings. The van der Waals surface area contributed by atoms with E-state index < -0.39 is 5.41 Å². The minimum absolute atomic E-state index is 0.528. The highest BCUT2D eigenvalue weighted by atomic mass is 16.1. The van der Waals surface area contributed by atoms with Gasteiger partial charge >= 0.3 is 0 Å². The highest BCUT2D eigenvalue weighted by molar-refractivity contribution is 5.63. The van der Waals surface area contributed by atoms with E-state index in [1.165, 1.54) is 0 Å². The van der Waals surface area contributed by atoms with Crippen LogP contribution in [0.25, 0.3) is 0 Å². The molecule has 0 saturated carbocycles. The Hall–Kier alpha value is -0.770. The number of rotatable bonds is 2. The maximum absolute atomic E-state index is 10.1. The van der Waals surface area contributed by atoms with Crippen LogP contribution in [0.5, 0.6) is 0 Å². The second-order valence-electron chi connectivity index (χ2n) is 2.03. The van der Waals surface area contributed by atoms with Crippen molar-refractivity contribution >= 4 is 6.29 Å². The molecule has 44 valence electrons. The molecule has 0 saturated heterocycles. The molecule has 0 N–H and O–H groups in total. The molecular formula is C7H10O. The maximum Gasteiger partial charge on any atom is 0.137 e. The van der Waals surface area contributed by atoms with Crippen molar-refractivity contribution in [3.63, 3.8) is 0 Å². The Bertz CT molecular complexity index is 121. The third-order valence-electron chi connectivity index (χ3n) is 1.32. The fraction of sp³-hybridized carbons (Fsp3) is 0.571. The van der Waals surface area contributed by atoms with Crippen molar-refractivity contribution in [2.75, 3.05) is 0 Å². The van der Waals surface area contributed by atoms with Gasteiger partial charge in [0.1, 0.15) is 6.29 Å². The van der Waals surface area contributed by atoms with E-state index in [4.69, 9.17) is 6.42 Å². The number of carbonyl (C=O) groups excluding carboxylic acids is 1. The molecule has 1 unspecified atom stereocenters. The van der Waals surface area contributed by atoms with E-state index in [2.05, 4.69) is 5.92 Å². The fourth-order valence-electron chi connectivity index (χ4n) is 0.219. The summed E-state index contributed by atoms with van der Waals surface area (Å²) in [5, 5.41) is 0. The molecule has 0 aromatic rings. The normalized spacial score (nSPS) is 16.1. The first kappa shape index (κ1) is 7.23. The van der Waals surface area contributed by atoms with Gasteiger partial charge in [0.2, 0.25) is 0 Å². The Balaban J connectivity index is 4.03. The Morgan fingerprint density at radius 2 is 2.38 bits per heavy atom. The van der Waals surface area contributed by atoms with E-state index in [1.54, 1.807) is 6.92 Å². The summed E-state index contributed by atoms with van der Waals surface area (Å²) in [6, 6.07) is 0. The topological polar surface area (TPSA) is 17.1 Å². The SMILES string of the molecule is C#CC(C)(C=O)CC. The molecule has 1 heteroatoms. The van der Waals surface area contributed by atoms with Gasteiger partial charge in [-0.15, -0.1) is 6.42 Å². The largest absolute Gasteiger partial charge is 0.302 e. The minimum Gasteiger partial charge on any atom is -0.302 e. The van der Waals surface area contributed by atoms with Crippen LogP contribution in [0.4, 0.5) is 0 Å². The van der Waals surface area contributed by atoms with Gasteiger partial charge in [-0.2, -0.15) is 0 Å². The van der Waals surface area contributed by atoms with Gasteiger partial charge in [0.05, 0.1) is 5.41 Å². The molecule has 0 amide bonds. The predicted octanol–water partition coefficient (Wildman–Crippen LogP) is 1.23. The molecule has 1 nitrogen and oxygen atoms in total. The Morgan fingerprint density at radius 3 is 2.38 bits per heavy atom. The zero-order valence-electron chi connectivity index (χ0n) is 5.27. The van der Waals surface area contributed by atoms with Gasteiger partial charge in [-0.05, 0) is 13.3 Å². The van der Waals surface area contributed by atoms with Gasteiger partial charge in [-0.3, -0.25) is 0 Å². The lowest BCUT2D eigenvalue weighted by Gasteiger charge is -2.09. The fourth-order valence-corrected chi connectivity index (χ4v) is 0.219. The van der Waals surface area contributed by atoms with Crippen LogP contribution in [-0.4, -0.2) is 6.29 Å². The second kappa shape index (κ2) is 2.52. The lowest BCUT2D eigenvalue weighted by atomic mass is 9.91. The third-order valence-corrected chi connectivity index (χ3v) is 1.32. The van der Waals surface area contributed by atoms with Crippen molar-refractivity contribution < 1.29 is 4.79 Å². The molecule has 0 aliphatic carbocycles. The first-order valence-corrected chi connectivity index (χ1v) is 2.62. The van der Waals surface area contributed by atoms with Gasteiger partial charge in [-0.1, -0.05) is 12.8 Å². The van der Waals surface area contributed by atoms with E-state index in [1.807, 2.05) is 6.92 Å². The number of aldehydes is 1. The summed E-state index contributed by atoms with van der Waals surface area (Å²) >= 11 is 0. The minimum atomic E-state index is -0.528. The van der Waals surface area contributed by atoms with Crippen LogP contribution in [-0.2, 0) is 4.79 Å². The van der Waals surface area contributed by atoms with Crippen LogP contribution >= 0.6 is 0 Å². The molecule has 0 spiro atoms. The summed E-state index contributed by atoms with van der Waals surface area (Å²) in [4.78, 5) is 10.1. The van der Waals surface area contributed by atoms with Crippen LogP contribution < -0.4 is 0 Å².